The molecule has 2 amide bonds. The smallest absolute Gasteiger partial charge is 0.410 e. The SMILES string of the molecule is COc1cccc(-c2cccc(NC(=O)[C@@H]3CCCN3C(=O)OCc3ccccc3)c2)c1OC. The van der Waals surface area contributed by atoms with E-state index >= 15 is 0 Å². The zero-order valence-corrected chi connectivity index (χ0v) is 19.3. The summed E-state index contributed by atoms with van der Waals surface area (Å²) < 4.78 is 16.4. The molecular weight excluding hydrogens is 432 g/mol. The van der Waals surface area contributed by atoms with Crippen LogP contribution >= 0.6 is 0 Å². The van der Waals surface area contributed by atoms with Crippen molar-refractivity contribution in [2.24, 2.45) is 0 Å². The predicted octanol–water partition coefficient (Wildman–Crippen LogP) is 5.11. The maximum absolute atomic E-state index is 13.1. The van der Waals surface area contributed by atoms with Crippen molar-refractivity contribution in [3.63, 3.8) is 0 Å². The monoisotopic (exact) mass is 460 g/mol. The molecule has 1 heterocycles. The van der Waals surface area contributed by atoms with E-state index in [0.717, 1.165) is 23.1 Å². The van der Waals surface area contributed by atoms with Gasteiger partial charge in [-0.25, -0.2) is 4.79 Å². The summed E-state index contributed by atoms with van der Waals surface area (Å²) in [5.74, 6) is 1.02. The van der Waals surface area contributed by atoms with Crippen LogP contribution in [0.3, 0.4) is 0 Å². The zero-order valence-electron chi connectivity index (χ0n) is 19.3. The molecule has 34 heavy (non-hydrogen) atoms. The van der Waals surface area contributed by atoms with E-state index in [1.807, 2.05) is 72.8 Å². The number of anilines is 1. The van der Waals surface area contributed by atoms with E-state index in [2.05, 4.69) is 5.32 Å². The van der Waals surface area contributed by atoms with Crippen LogP contribution in [0.25, 0.3) is 11.1 Å². The van der Waals surface area contributed by atoms with Crippen molar-refractivity contribution in [3.05, 3.63) is 78.4 Å². The summed E-state index contributed by atoms with van der Waals surface area (Å²) in [5, 5.41) is 2.96. The number of benzene rings is 3. The second kappa shape index (κ2) is 10.7. The lowest BCUT2D eigenvalue weighted by Crippen LogP contribution is -2.43. The van der Waals surface area contributed by atoms with E-state index in [0.29, 0.717) is 30.2 Å². The normalized spacial score (nSPS) is 15.0. The zero-order chi connectivity index (χ0) is 23.9. The molecule has 0 bridgehead atoms. The minimum Gasteiger partial charge on any atom is -0.493 e. The van der Waals surface area contributed by atoms with Gasteiger partial charge in [0.1, 0.15) is 12.6 Å². The molecule has 0 spiro atoms. The highest BCUT2D eigenvalue weighted by atomic mass is 16.6. The Morgan fingerprint density at radius 1 is 0.971 bits per heavy atom. The summed E-state index contributed by atoms with van der Waals surface area (Å²) in [5.41, 5.74) is 3.27. The maximum Gasteiger partial charge on any atom is 0.410 e. The van der Waals surface area contributed by atoms with Crippen LogP contribution in [-0.2, 0) is 16.1 Å². The van der Waals surface area contributed by atoms with Crippen molar-refractivity contribution in [2.45, 2.75) is 25.5 Å². The number of para-hydroxylation sites is 1. The molecule has 0 saturated carbocycles. The minimum absolute atomic E-state index is 0.176. The van der Waals surface area contributed by atoms with Gasteiger partial charge in [0.05, 0.1) is 14.2 Å². The quantitative estimate of drug-likeness (QED) is 0.530. The molecule has 0 aliphatic carbocycles. The van der Waals surface area contributed by atoms with E-state index in [4.69, 9.17) is 14.2 Å². The van der Waals surface area contributed by atoms with Gasteiger partial charge in [-0.2, -0.15) is 0 Å². The number of likely N-dealkylation sites (tertiary alicyclic amines) is 1. The summed E-state index contributed by atoms with van der Waals surface area (Å²) in [6.45, 7) is 0.668. The molecule has 1 saturated heterocycles. The van der Waals surface area contributed by atoms with E-state index in [-0.39, 0.29) is 12.5 Å². The molecule has 0 aromatic heterocycles. The number of carbonyl (C=O) groups is 2. The average Bonchev–Trinajstić information content (AvgIpc) is 3.38. The van der Waals surface area contributed by atoms with Crippen molar-refractivity contribution < 1.29 is 23.8 Å². The van der Waals surface area contributed by atoms with Gasteiger partial charge in [0, 0.05) is 17.8 Å². The largest absolute Gasteiger partial charge is 0.493 e. The molecule has 0 unspecified atom stereocenters. The molecule has 1 N–H and O–H groups in total. The fourth-order valence-electron chi connectivity index (χ4n) is 4.16. The topological polar surface area (TPSA) is 77.1 Å². The van der Waals surface area contributed by atoms with Gasteiger partial charge in [-0.1, -0.05) is 54.6 Å². The Labute approximate surface area is 199 Å². The van der Waals surface area contributed by atoms with Crippen LogP contribution < -0.4 is 14.8 Å². The summed E-state index contributed by atoms with van der Waals surface area (Å²) in [4.78, 5) is 27.2. The molecular formula is C27H28N2O5. The first-order valence-electron chi connectivity index (χ1n) is 11.2. The number of amides is 2. The Balaban J connectivity index is 1.45. The molecule has 7 heteroatoms. The summed E-state index contributed by atoms with van der Waals surface area (Å²) in [6, 6.07) is 22.1. The third-order valence-corrected chi connectivity index (χ3v) is 5.84. The third kappa shape index (κ3) is 5.14. The average molecular weight is 461 g/mol. The van der Waals surface area contributed by atoms with Gasteiger partial charge in [0.15, 0.2) is 11.5 Å². The molecule has 1 fully saturated rings. The molecule has 0 radical (unpaired) electrons. The maximum atomic E-state index is 13.1. The van der Waals surface area contributed by atoms with Gasteiger partial charge in [0.25, 0.3) is 0 Å². The molecule has 1 aliphatic rings. The highest BCUT2D eigenvalue weighted by molar-refractivity contribution is 5.97. The van der Waals surface area contributed by atoms with E-state index in [9.17, 15) is 9.59 Å². The molecule has 3 aromatic rings. The van der Waals surface area contributed by atoms with Crippen LogP contribution in [0.2, 0.25) is 0 Å². The van der Waals surface area contributed by atoms with Crippen LogP contribution in [0.15, 0.2) is 72.8 Å². The van der Waals surface area contributed by atoms with Crippen LogP contribution in [0.5, 0.6) is 11.5 Å². The second-order valence-corrected chi connectivity index (χ2v) is 8.00. The predicted molar refractivity (Wildman–Crippen MR) is 130 cm³/mol. The number of ether oxygens (including phenoxy) is 3. The van der Waals surface area contributed by atoms with Crippen LogP contribution in [-0.4, -0.2) is 43.7 Å². The minimum atomic E-state index is -0.571. The van der Waals surface area contributed by atoms with Gasteiger partial charge in [0.2, 0.25) is 5.91 Å². The Morgan fingerprint density at radius 2 is 1.76 bits per heavy atom. The lowest BCUT2D eigenvalue weighted by molar-refractivity contribution is -0.120. The summed E-state index contributed by atoms with van der Waals surface area (Å²) in [6.07, 6.45) is 0.867. The van der Waals surface area contributed by atoms with Crippen molar-refractivity contribution in [1.82, 2.24) is 4.90 Å². The number of hydrogen-bond acceptors (Lipinski definition) is 5. The number of hydrogen-bond donors (Lipinski definition) is 1. The first-order valence-corrected chi connectivity index (χ1v) is 11.2. The lowest BCUT2D eigenvalue weighted by Gasteiger charge is -2.23. The number of rotatable bonds is 7. The number of carbonyl (C=O) groups excluding carboxylic acids is 2. The molecule has 1 atom stereocenters. The Morgan fingerprint density at radius 3 is 2.53 bits per heavy atom. The molecule has 3 aromatic carbocycles. The Hall–Kier alpha value is -4.00. The standard InChI is InChI=1S/C27H28N2O5/c1-32-24-15-7-13-22(25(24)33-2)20-11-6-12-21(17-20)28-26(30)23-14-8-16-29(23)27(31)34-18-19-9-4-3-5-10-19/h3-7,9-13,15,17,23H,8,14,16,18H2,1-2H3,(H,28,30)/t23-/m0/s1. The Bertz CT molecular complexity index is 1150. The molecule has 7 nitrogen and oxygen atoms in total. The second-order valence-electron chi connectivity index (χ2n) is 8.00. The first-order chi connectivity index (χ1) is 16.6. The fourth-order valence-corrected chi connectivity index (χ4v) is 4.16. The summed E-state index contributed by atoms with van der Waals surface area (Å²) >= 11 is 0. The van der Waals surface area contributed by atoms with E-state index in [1.54, 1.807) is 14.2 Å². The number of methoxy groups -OCH3 is 2. The van der Waals surface area contributed by atoms with Crippen molar-refractivity contribution in [2.75, 3.05) is 26.1 Å². The van der Waals surface area contributed by atoms with Crippen molar-refractivity contribution in [3.8, 4) is 22.6 Å². The summed E-state index contributed by atoms with van der Waals surface area (Å²) in [7, 11) is 3.19. The number of nitrogens with one attached hydrogen (secondary N) is 1. The fraction of sp³-hybridized carbons (Fsp3) is 0.259. The first kappa shape index (κ1) is 23.2. The number of nitrogens with zero attached hydrogens (tertiary/aromatic N) is 1. The molecule has 4 rings (SSSR count). The van der Waals surface area contributed by atoms with Crippen LogP contribution in [0.4, 0.5) is 10.5 Å². The molecule has 176 valence electrons. The van der Waals surface area contributed by atoms with E-state index in [1.165, 1.54) is 4.90 Å². The van der Waals surface area contributed by atoms with Gasteiger partial charge < -0.3 is 19.5 Å². The van der Waals surface area contributed by atoms with Crippen LogP contribution in [0.1, 0.15) is 18.4 Å². The third-order valence-electron chi connectivity index (χ3n) is 5.84. The van der Waals surface area contributed by atoms with Crippen molar-refractivity contribution >= 4 is 17.7 Å². The van der Waals surface area contributed by atoms with E-state index < -0.39 is 12.1 Å². The van der Waals surface area contributed by atoms with Gasteiger partial charge >= 0.3 is 6.09 Å². The van der Waals surface area contributed by atoms with Gasteiger partial charge in [-0.3, -0.25) is 9.69 Å². The lowest BCUT2D eigenvalue weighted by atomic mass is 10.0. The molecule has 1 aliphatic heterocycles. The van der Waals surface area contributed by atoms with Crippen molar-refractivity contribution in [1.29, 1.82) is 0 Å². The van der Waals surface area contributed by atoms with Crippen LogP contribution in [0, 0.1) is 0 Å². The van der Waals surface area contributed by atoms with Gasteiger partial charge in [-0.05, 0) is 42.2 Å². The van der Waals surface area contributed by atoms with Gasteiger partial charge in [-0.15, -0.1) is 0 Å². The highest BCUT2D eigenvalue weighted by Gasteiger charge is 2.35. The highest BCUT2D eigenvalue weighted by Crippen LogP contribution is 2.38. The Kier molecular flexibility index (Phi) is 7.32.